The van der Waals surface area contributed by atoms with Crippen molar-refractivity contribution in [2.75, 3.05) is 6.54 Å². The van der Waals surface area contributed by atoms with Gasteiger partial charge in [-0.25, -0.2) is 4.79 Å². The molecule has 2 aliphatic heterocycles. The molecule has 37 heavy (non-hydrogen) atoms. The van der Waals surface area contributed by atoms with Gasteiger partial charge in [0.05, 0.1) is 0 Å². The van der Waals surface area contributed by atoms with E-state index in [4.69, 9.17) is 10.5 Å². The zero-order chi connectivity index (χ0) is 26.7. The summed E-state index contributed by atoms with van der Waals surface area (Å²) in [6, 6.07) is 4.99. The van der Waals surface area contributed by atoms with Crippen molar-refractivity contribution in [3.63, 3.8) is 0 Å². The van der Waals surface area contributed by atoms with Crippen LogP contribution < -0.4 is 11.1 Å². The van der Waals surface area contributed by atoms with Crippen molar-refractivity contribution in [2.45, 2.75) is 96.0 Å². The number of piperidine rings is 1. The molecule has 1 atom stereocenters. The molecule has 0 radical (unpaired) electrons. The zero-order valence-electron chi connectivity index (χ0n) is 21.8. The van der Waals surface area contributed by atoms with Crippen LogP contribution in [-0.2, 0) is 20.9 Å². The summed E-state index contributed by atoms with van der Waals surface area (Å²) >= 11 is 0. The molecule has 1 aromatic rings. The van der Waals surface area contributed by atoms with E-state index in [9.17, 15) is 19.2 Å². The summed E-state index contributed by atoms with van der Waals surface area (Å²) in [5.74, 6) is 5.38. The van der Waals surface area contributed by atoms with Gasteiger partial charge in [-0.2, -0.15) is 0 Å². The van der Waals surface area contributed by atoms with Crippen molar-refractivity contribution < 1.29 is 23.9 Å². The maximum atomic E-state index is 13.0. The number of fused-ring (bicyclic) bond motifs is 1. The van der Waals surface area contributed by atoms with E-state index in [-0.39, 0.29) is 43.0 Å². The lowest BCUT2D eigenvalue weighted by atomic mass is 9.91. The molecule has 0 aromatic heterocycles. The number of nitrogens with one attached hydrogen (secondary N) is 1. The Kier molecular flexibility index (Phi) is 7.88. The summed E-state index contributed by atoms with van der Waals surface area (Å²) in [5, 5.41) is 2.32. The first-order valence-corrected chi connectivity index (χ1v) is 13.0. The first-order valence-electron chi connectivity index (χ1n) is 13.0. The van der Waals surface area contributed by atoms with Crippen LogP contribution in [0.3, 0.4) is 0 Å². The number of carbonyl (C=O) groups is 4. The lowest BCUT2D eigenvalue weighted by Crippen LogP contribution is -2.52. The predicted octanol–water partition coefficient (Wildman–Crippen LogP) is 2.70. The molecule has 198 valence electrons. The van der Waals surface area contributed by atoms with Gasteiger partial charge >= 0.3 is 6.09 Å². The highest BCUT2D eigenvalue weighted by molar-refractivity contribution is 6.05. The molecule has 1 aliphatic carbocycles. The van der Waals surface area contributed by atoms with E-state index in [1.165, 1.54) is 4.90 Å². The predicted molar refractivity (Wildman–Crippen MR) is 137 cm³/mol. The molecule has 9 heteroatoms. The normalized spacial score (nSPS) is 23.6. The van der Waals surface area contributed by atoms with Crippen LogP contribution in [0, 0.1) is 11.8 Å². The maximum Gasteiger partial charge on any atom is 0.410 e. The van der Waals surface area contributed by atoms with Gasteiger partial charge in [0.15, 0.2) is 0 Å². The summed E-state index contributed by atoms with van der Waals surface area (Å²) in [4.78, 5) is 53.1. The summed E-state index contributed by atoms with van der Waals surface area (Å²) in [6.45, 7) is 6.29. The molecule has 3 N–H and O–H groups in total. The quantitative estimate of drug-likeness (QED) is 0.476. The van der Waals surface area contributed by atoms with Crippen LogP contribution in [-0.4, -0.2) is 63.9 Å². The first-order chi connectivity index (χ1) is 17.5. The molecule has 1 unspecified atom stereocenters. The molecule has 0 spiro atoms. The number of hydrogen-bond acceptors (Lipinski definition) is 6. The lowest BCUT2D eigenvalue weighted by Gasteiger charge is -2.36. The number of benzene rings is 1. The molecule has 2 fully saturated rings. The van der Waals surface area contributed by atoms with E-state index in [1.807, 2.05) is 26.8 Å². The van der Waals surface area contributed by atoms with Crippen LogP contribution in [0.25, 0.3) is 0 Å². The Balaban J connectivity index is 1.45. The van der Waals surface area contributed by atoms with Crippen LogP contribution in [0.15, 0.2) is 18.2 Å². The van der Waals surface area contributed by atoms with Gasteiger partial charge in [-0.3, -0.25) is 19.7 Å². The van der Waals surface area contributed by atoms with Crippen LogP contribution in [0.1, 0.15) is 87.2 Å². The number of amides is 4. The summed E-state index contributed by atoms with van der Waals surface area (Å²) in [5.41, 5.74) is 7.53. The van der Waals surface area contributed by atoms with E-state index in [2.05, 4.69) is 17.2 Å². The molecular formula is C28H36N4O5. The topological polar surface area (TPSA) is 122 Å². The van der Waals surface area contributed by atoms with Crippen molar-refractivity contribution in [1.82, 2.24) is 15.1 Å². The van der Waals surface area contributed by atoms with Gasteiger partial charge in [0.25, 0.3) is 5.91 Å². The smallest absolute Gasteiger partial charge is 0.410 e. The standard InChI is InChI=1S/C28H36N4O5/c1-28(2,3)37-27(36)31(20-12-10-19(29)11-13-20)16-5-4-7-18-8-6-9-21-22(18)17-32(26(21)35)23-14-15-24(33)30-25(23)34/h6,8-9,19-20,23H,5,10-17,29H2,1-3H3,(H,30,33,34)/t19-,20+,23?. The Morgan fingerprint density at radius 3 is 2.57 bits per heavy atom. The summed E-state index contributed by atoms with van der Waals surface area (Å²) in [7, 11) is 0. The average molecular weight is 509 g/mol. The highest BCUT2D eigenvalue weighted by Gasteiger charge is 2.39. The Morgan fingerprint density at radius 2 is 1.89 bits per heavy atom. The molecule has 0 bridgehead atoms. The third kappa shape index (κ3) is 6.31. The molecule has 4 rings (SSSR count). The van der Waals surface area contributed by atoms with Crippen LogP contribution >= 0.6 is 0 Å². The molecule has 4 amide bonds. The second-order valence-electron chi connectivity index (χ2n) is 11.0. The third-order valence-electron chi connectivity index (χ3n) is 7.09. The second kappa shape index (κ2) is 10.9. The minimum absolute atomic E-state index is 0.0807. The SMILES string of the molecule is CC(C)(C)OC(=O)N(CCC#Cc1cccc2c1CN(C1CCC(=O)NC1=O)C2=O)[C@H]1CC[C@@H](N)CC1. The van der Waals surface area contributed by atoms with Gasteiger partial charge in [0.2, 0.25) is 11.8 Å². The molecule has 1 aromatic carbocycles. The first kappa shape index (κ1) is 26.7. The third-order valence-corrected chi connectivity index (χ3v) is 7.09. The van der Waals surface area contributed by atoms with Gasteiger partial charge in [-0.15, -0.1) is 0 Å². The zero-order valence-corrected chi connectivity index (χ0v) is 21.8. The number of carbonyl (C=O) groups excluding carboxylic acids is 4. The highest BCUT2D eigenvalue weighted by atomic mass is 16.6. The monoisotopic (exact) mass is 508 g/mol. The number of ether oxygens (including phenoxy) is 1. The molecule has 1 saturated carbocycles. The Hall–Kier alpha value is -3.38. The van der Waals surface area contributed by atoms with Gasteiger partial charge in [0.1, 0.15) is 11.6 Å². The molecule has 1 saturated heterocycles. The van der Waals surface area contributed by atoms with Crippen LogP contribution in [0.5, 0.6) is 0 Å². The molecular weight excluding hydrogens is 472 g/mol. The largest absolute Gasteiger partial charge is 0.444 e. The Bertz CT molecular complexity index is 1140. The fraction of sp³-hybridized carbons (Fsp3) is 0.571. The van der Waals surface area contributed by atoms with Crippen molar-refractivity contribution >= 4 is 23.8 Å². The number of imide groups is 1. The van der Waals surface area contributed by atoms with E-state index in [0.717, 1.165) is 36.8 Å². The van der Waals surface area contributed by atoms with Gasteiger partial charge < -0.3 is 20.3 Å². The second-order valence-corrected chi connectivity index (χ2v) is 11.0. The summed E-state index contributed by atoms with van der Waals surface area (Å²) < 4.78 is 5.66. The van der Waals surface area contributed by atoms with E-state index < -0.39 is 17.6 Å². The van der Waals surface area contributed by atoms with Gasteiger partial charge in [-0.05, 0) is 70.6 Å². The lowest BCUT2D eigenvalue weighted by molar-refractivity contribution is -0.136. The highest BCUT2D eigenvalue weighted by Crippen LogP contribution is 2.29. The Morgan fingerprint density at radius 1 is 1.16 bits per heavy atom. The van der Waals surface area contributed by atoms with Gasteiger partial charge in [-0.1, -0.05) is 17.9 Å². The minimum Gasteiger partial charge on any atom is -0.444 e. The molecule has 2 heterocycles. The van der Waals surface area contributed by atoms with Crippen molar-refractivity contribution in [1.29, 1.82) is 0 Å². The van der Waals surface area contributed by atoms with Crippen molar-refractivity contribution in [3.8, 4) is 11.8 Å². The number of nitrogens with two attached hydrogens (primary N) is 1. The minimum atomic E-state index is -0.663. The Labute approximate surface area is 218 Å². The van der Waals surface area contributed by atoms with Crippen LogP contribution in [0.4, 0.5) is 4.79 Å². The van der Waals surface area contributed by atoms with E-state index >= 15 is 0 Å². The fourth-order valence-electron chi connectivity index (χ4n) is 5.19. The van der Waals surface area contributed by atoms with Crippen molar-refractivity contribution in [2.24, 2.45) is 5.73 Å². The molecule has 3 aliphatic rings. The van der Waals surface area contributed by atoms with Crippen molar-refractivity contribution in [3.05, 3.63) is 34.9 Å². The maximum absolute atomic E-state index is 13.0. The molecule has 9 nitrogen and oxygen atoms in total. The van der Waals surface area contributed by atoms with Gasteiger partial charge in [0, 0.05) is 49.1 Å². The number of rotatable bonds is 4. The van der Waals surface area contributed by atoms with Crippen LogP contribution in [0.2, 0.25) is 0 Å². The average Bonchev–Trinajstić information content (AvgIpc) is 3.16. The summed E-state index contributed by atoms with van der Waals surface area (Å²) in [6.07, 6.45) is 4.10. The number of nitrogens with zero attached hydrogens (tertiary/aromatic N) is 2. The van der Waals surface area contributed by atoms with E-state index in [0.29, 0.717) is 24.9 Å². The fourth-order valence-corrected chi connectivity index (χ4v) is 5.19. The number of hydrogen-bond donors (Lipinski definition) is 2. The van der Waals surface area contributed by atoms with E-state index in [1.54, 1.807) is 17.0 Å².